The lowest BCUT2D eigenvalue weighted by Gasteiger charge is -2.35. The normalized spacial score (nSPS) is 17.4. The maximum absolute atomic E-state index is 15.5. The van der Waals surface area contributed by atoms with Crippen molar-refractivity contribution in [1.29, 1.82) is 0 Å². The number of nitrogen functional groups attached to an aromatic ring is 1. The Hall–Kier alpha value is -3.57. The molecule has 0 spiro atoms. The van der Waals surface area contributed by atoms with Crippen LogP contribution in [0.1, 0.15) is 69.3 Å². The highest BCUT2D eigenvalue weighted by Gasteiger charge is 2.39. The Labute approximate surface area is 219 Å². The minimum Gasteiger partial charge on any atom is -0.383 e. The zero-order chi connectivity index (χ0) is 26.8. The predicted octanol–water partition coefficient (Wildman–Crippen LogP) is 6.35. The molecule has 6 rings (SSSR count). The molecule has 0 radical (unpaired) electrons. The summed E-state index contributed by atoms with van der Waals surface area (Å²) in [5, 5.41) is 2.39. The monoisotopic (exact) mass is 542 g/mol. The smallest absolute Gasteiger partial charge is 0.383 e. The first-order valence-corrected chi connectivity index (χ1v) is 13.0. The number of amides is 1. The average Bonchev–Trinajstić information content (AvgIpc) is 3.64. The van der Waals surface area contributed by atoms with E-state index in [1.807, 2.05) is 0 Å². The number of hydrogen-bond donors (Lipinski definition) is 1. The molecule has 0 saturated carbocycles. The third-order valence-electron chi connectivity index (χ3n) is 7.43. The maximum atomic E-state index is 15.5. The van der Waals surface area contributed by atoms with Gasteiger partial charge in [-0.1, -0.05) is 6.07 Å². The largest absolute Gasteiger partial charge is 0.416 e. The first-order valence-electron chi connectivity index (χ1n) is 12.0. The van der Waals surface area contributed by atoms with Gasteiger partial charge in [0, 0.05) is 22.4 Å². The van der Waals surface area contributed by atoms with Gasteiger partial charge in [-0.3, -0.25) is 4.79 Å². The third-order valence-corrected chi connectivity index (χ3v) is 8.04. The molecular formula is C27H22F4N4O2S. The van der Waals surface area contributed by atoms with Crippen molar-refractivity contribution in [2.45, 2.75) is 51.2 Å². The van der Waals surface area contributed by atoms with Gasteiger partial charge in [0.05, 0.1) is 53.1 Å². The van der Waals surface area contributed by atoms with Crippen LogP contribution in [0.3, 0.4) is 0 Å². The lowest BCUT2D eigenvalue weighted by atomic mass is 9.98. The molecule has 2 unspecified atom stereocenters. The number of alkyl halides is 3. The number of nitrogens with two attached hydrogens (primary N) is 1. The van der Waals surface area contributed by atoms with E-state index in [0.29, 0.717) is 40.6 Å². The molecule has 0 fully saturated rings. The molecule has 1 aliphatic carbocycles. The molecule has 38 heavy (non-hydrogen) atoms. The number of halogens is 4. The van der Waals surface area contributed by atoms with E-state index in [9.17, 15) is 18.0 Å². The Bertz CT molecular complexity index is 1570. The van der Waals surface area contributed by atoms with Gasteiger partial charge in [0.2, 0.25) is 0 Å². The number of carbonyl (C=O) groups is 1. The third kappa shape index (κ3) is 4.01. The molecule has 6 nitrogen and oxygen atoms in total. The summed E-state index contributed by atoms with van der Waals surface area (Å²) < 4.78 is 61.0. The maximum Gasteiger partial charge on any atom is 0.416 e. The van der Waals surface area contributed by atoms with Crippen molar-refractivity contribution in [3.63, 3.8) is 0 Å². The van der Waals surface area contributed by atoms with E-state index in [1.54, 1.807) is 22.7 Å². The Balaban J connectivity index is 1.46. The van der Waals surface area contributed by atoms with Crippen molar-refractivity contribution in [2.24, 2.45) is 0 Å². The lowest BCUT2D eigenvalue weighted by molar-refractivity contribution is -0.137. The average molecular weight is 543 g/mol. The van der Waals surface area contributed by atoms with Gasteiger partial charge in [-0.2, -0.15) is 13.2 Å². The molecular weight excluding hydrogens is 520 g/mol. The fourth-order valence-electron chi connectivity index (χ4n) is 5.51. The van der Waals surface area contributed by atoms with Crippen LogP contribution in [0.15, 0.2) is 41.2 Å². The molecule has 2 atom stereocenters. The van der Waals surface area contributed by atoms with Crippen LogP contribution in [-0.4, -0.2) is 20.8 Å². The van der Waals surface area contributed by atoms with Crippen molar-refractivity contribution >= 4 is 34.0 Å². The van der Waals surface area contributed by atoms with E-state index in [0.717, 1.165) is 23.3 Å². The molecule has 4 aromatic rings. The Morgan fingerprint density at radius 1 is 1.21 bits per heavy atom. The number of carbonyl (C=O) groups excluding carboxylic acids is 1. The number of thiazole rings is 1. The van der Waals surface area contributed by atoms with E-state index in [1.165, 1.54) is 29.5 Å². The molecule has 2 N–H and O–H groups in total. The van der Waals surface area contributed by atoms with Crippen LogP contribution in [0.25, 0.3) is 10.9 Å². The number of fused-ring (bicyclic) bond motifs is 4. The van der Waals surface area contributed by atoms with Crippen molar-refractivity contribution in [3.8, 4) is 0 Å². The number of aromatic nitrogens is 2. The van der Waals surface area contributed by atoms with Crippen LogP contribution < -0.4 is 5.73 Å². The zero-order valence-corrected chi connectivity index (χ0v) is 21.0. The van der Waals surface area contributed by atoms with Crippen LogP contribution in [0, 0.1) is 5.82 Å². The first-order chi connectivity index (χ1) is 18.1. The minimum absolute atomic E-state index is 0.152. The topological polar surface area (TPSA) is 81.3 Å². The fourth-order valence-corrected chi connectivity index (χ4v) is 6.15. The van der Waals surface area contributed by atoms with Gasteiger partial charge in [0.1, 0.15) is 11.6 Å². The Morgan fingerprint density at radius 3 is 2.74 bits per heavy atom. The highest BCUT2D eigenvalue weighted by Crippen LogP contribution is 2.43. The molecule has 0 saturated heterocycles. The fraction of sp³-hybridized carbons (Fsp3) is 0.296. The molecule has 2 aromatic carbocycles. The number of hydrogen-bond acceptors (Lipinski definition) is 6. The van der Waals surface area contributed by atoms with Crippen LogP contribution in [-0.2, 0) is 30.5 Å². The molecule has 3 heterocycles. The van der Waals surface area contributed by atoms with Crippen molar-refractivity contribution < 1.29 is 27.1 Å². The summed E-state index contributed by atoms with van der Waals surface area (Å²) in [6.07, 6.45) is -3.69. The summed E-state index contributed by atoms with van der Waals surface area (Å²) in [5.41, 5.74) is 10.4. The second kappa shape index (κ2) is 9.02. The van der Waals surface area contributed by atoms with Gasteiger partial charge < -0.3 is 15.4 Å². The van der Waals surface area contributed by atoms with Crippen LogP contribution >= 0.6 is 11.3 Å². The predicted molar refractivity (Wildman–Crippen MR) is 134 cm³/mol. The number of aryl methyl sites for hydroxylation is 1. The minimum atomic E-state index is -4.47. The Kier molecular flexibility index (Phi) is 5.88. The van der Waals surface area contributed by atoms with E-state index >= 15 is 4.39 Å². The van der Waals surface area contributed by atoms with Crippen LogP contribution in [0.4, 0.5) is 23.4 Å². The summed E-state index contributed by atoms with van der Waals surface area (Å²) in [5.74, 6) is -1.07. The van der Waals surface area contributed by atoms with Crippen molar-refractivity contribution in [2.75, 3.05) is 5.73 Å². The summed E-state index contributed by atoms with van der Waals surface area (Å²) in [4.78, 5) is 24.3. The second-order valence-electron chi connectivity index (χ2n) is 9.56. The summed E-state index contributed by atoms with van der Waals surface area (Å²) >= 11 is 1.36. The van der Waals surface area contributed by atoms with E-state index in [-0.39, 0.29) is 24.6 Å². The van der Waals surface area contributed by atoms with E-state index < -0.39 is 35.5 Å². The van der Waals surface area contributed by atoms with E-state index in [4.69, 9.17) is 10.5 Å². The summed E-state index contributed by atoms with van der Waals surface area (Å²) in [7, 11) is 0. The number of ether oxygens (including phenoxy) is 1. The van der Waals surface area contributed by atoms with Crippen LogP contribution in [0.2, 0.25) is 0 Å². The lowest BCUT2D eigenvalue weighted by Crippen LogP contribution is -2.37. The highest BCUT2D eigenvalue weighted by molar-refractivity contribution is 7.07. The van der Waals surface area contributed by atoms with Gasteiger partial charge in [-0.15, -0.1) is 11.3 Å². The number of benzene rings is 2. The molecule has 196 valence electrons. The second-order valence-corrected chi connectivity index (χ2v) is 10.3. The van der Waals surface area contributed by atoms with Crippen molar-refractivity contribution in [3.05, 3.63) is 86.1 Å². The molecule has 1 aliphatic heterocycles. The molecule has 11 heteroatoms. The molecule has 0 bridgehead atoms. The molecule has 2 aliphatic rings. The molecule has 1 amide bonds. The summed E-state index contributed by atoms with van der Waals surface area (Å²) in [6.45, 7) is 2.35. The van der Waals surface area contributed by atoms with Gasteiger partial charge in [-0.05, 0) is 54.7 Å². The number of anilines is 1. The van der Waals surface area contributed by atoms with Crippen LogP contribution in [0.5, 0.6) is 0 Å². The van der Waals surface area contributed by atoms with Gasteiger partial charge >= 0.3 is 6.18 Å². The van der Waals surface area contributed by atoms with Gasteiger partial charge in [-0.25, -0.2) is 14.4 Å². The highest BCUT2D eigenvalue weighted by atomic mass is 32.1. The van der Waals surface area contributed by atoms with Crippen molar-refractivity contribution in [1.82, 2.24) is 14.9 Å². The summed E-state index contributed by atoms with van der Waals surface area (Å²) in [6, 6.07) is 5.17. The SMILES string of the molecule is CC(c1cscn1)N(C(=O)c1cc2c3c(c(N)nc2cc1F)COC3)C1CCc2cc(C(F)(F)F)ccc21. The van der Waals surface area contributed by atoms with Gasteiger partial charge in [0.25, 0.3) is 5.91 Å². The van der Waals surface area contributed by atoms with Gasteiger partial charge in [0.15, 0.2) is 0 Å². The number of nitrogens with zero attached hydrogens (tertiary/aromatic N) is 3. The number of rotatable bonds is 4. The molecule has 2 aromatic heterocycles. The quantitative estimate of drug-likeness (QED) is 0.304. The van der Waals surface area contributed by atoms with E-state index in [2.05, 4.69) is 9.97 Å². The first kappa shape index (κ1) is 24.7. The Morgan fingerprint density at radius 2 is 2.00 bits per heavy atom. The standard InChI is InChI=1S/C27H22F4N4O2S/c1-13(23-11-38-12-33-23)35(24-5-2-14-6-15(27(29,30)31)3-4-16(14)24)26(36)18-7-17-19-9-37-10-20(19)25(32)34-22(17)8-21(18)28/h3-4,6-8,11-13,24H,2,5,9-10H2,1H3,(H2,32,34). The zero-order valence-electron chi connectivity index (χ0n) is 20.2. The number of pyridine rings is 1.